The van der Waals surface area contributed by atoms with Crippen LogP contribution in [0.1, 0.15) is 39.2 Å². The molecule has 0 spiro atoms. The highest BCUT2D eigenvalue weighted by molar-refractivity contribution is 8.26. The molecule has 0 aromatic heterocycles. The zero-order valence-corrected chi connectivity index (χ0v) is 16.8. The largest absolute Gasteiger partial charge is 0.493 e. The lowest BCUT2D eigenvalue weighted by Crippen LogP contribution is -2.31. The minimum atomic E-state index is -0.0223. The Bertz CT molecular complexity index is 671. The first-order chi connectivity index (χ1) is 12.0. The number of carbonyl (C=O) groups excluding carboxylic acids is 1. The van der Waals surface area contributed by atoms with Gasteiger partial charge in [0.05, 0.1) is 18.6 Å². The van der Waals surface area contributed by atoms with Crippen molar-refractivity contribution in [1.82, 2.24) is 4.90 Å². The number of amides is 1. The Kier molecular flexibility index (Phi) is 7.32. The maximum Gasteiger partial charge on any atom is 0.266 e. The quantitative estimate of drug-likeness (QED) is 0.371. The van der Waals surface area contributed by atoms with Gasteiger partial charge < -0.3 is 9.47 Å². The molecule has 4 nitrogen and oxygen atoms in total. The van der Waals surface area contributed by atoms with Crippen LogP contribution in [0, 0.1) is 5.92 Å². The molecule has 0 radical (unpaired) electrons. The summed E-state index contributed by atoms with van der Waals surface area (Å²) >= 11 is 6.69. The molecule has 25 heavy (non-hydrogen) atoms. The molecule has 0 saturated carbocycles. The van der Waals surface area contributed by atoms with Crippen LogP contribution in [0.3, 0.4) is 0 Å². The summed E-state index contributed by atoms with van der Waals surface area (Å²) in [7, 11) is 1.62. The molecule has 1 aromatic rings. The molecule has 1 aliphatic rings. The third-order valence-electron chi connectivity index (χ3n) is 3.66. The first-order valence-corrected chi connectivity index (χ1v) is 9.75. The monoisotopic (exact) mass is 379 g/mol. The fraction of sp³-hybridized carbons (Fsp3) is 0.474. The number of hydrogen-bond acceptors (Lipinski definition) is 5. The number of thiocarbonyl (C=S) groups is 1. The van der Waals surface area contributed by atoms with E-state index >= 15 is 0 Å². The zero-order chi connectivity index (χ0) is 18.4. The van der Waals surface area contributed by atoms with Gasteiger partial charge in [-0.15, -0.1) is 0 Å². The summed E-state index contributed by atoms with van der Waals surface area (Å²) in [6.45, 7) is 7.59. The maximum absolute atomic E-state index is 12.5. The van der Waals surface area contributed by atoms with Gasteiger partial charge in [-0.25, -0.2) is 0 Å². The Morgan fingerprint density at radius 2 is 2.08 bits per heavy atom. The molecule has 0 aliphatic carbocycles. The van der Waals surface area contributed by atoms with E-state index in [9.17, 15) is 4.79 Å². The first-order valence-electron chi connectivity index (χ1n) is 8.52. The van der Waals surface area contributed by atoms with Gasteiger partial charge in [-0.1, -0.05) is 57.2 Å². The van der Waals surface area contributed by atoms with Crippen molar-refractivity contribution >= 4 is 40.3 Å². The highest BCUT2D eigenvalue weighted by Crippen LogP contribution is 2.35. The molecule has 1 aromatic carbocycles. The fourth-order valence-corrected chi connectivity index (χ4v) is 3.67. The predicted molar refractivity (Wildman–Crippen MR) is 108 cm³/mol. The van der Waals surface area contributed by atoms with E-state index in [-0.39, 0.29) is 5.91 Å². The predicted octanol–water partition coefficient (Wildman–Crippen LogP) is 4.73. The van der Waals surface area contributed by atoms with Gasteiger partial charge in [-0.05, 0) is 36.1 Å². The summed E-state index contributed by atoms with van der Waals surface area (Å²) in [5.41, 5.74) is 0.893. The van der Waals surface area contributed by atoms with E-state index in [4.69, 9.17) is 21.7 Å². The first kappa shape index (κ1) is 19.8. The van der Waals surface area contributed by atoms with Crippen LogP contribution in [0.25, 0.3) is 6.08 Å². The van der Waals surface area contributed by atoms with Crippen LogP contribution in [0.4, 0.5) is 0 Å². The second kappa shape index (κ2) is 9.25. The lowest BCUT2D eigenvalue weighted by atomic mass is 10.1. The van der Waals surface area contributed by atoms with Crippen molar-refractivity contribution in [1.29, 1.82) is 0 Å². The summed E-state index contributed by atoms with van der Waals surface area (Å²) in [6.07, 6.45) is 3.94. The minimum absolute atomic E-state index is 0.0223. The Hall–Kier alpha value is -1.53. The van der Waals surface area contributed by atoms with E-state index in [0.29, 0.717) is 34.0 Å². The van der Waals surface area contributed by atoms with Crippen molar-refractivity contribution in [2.75, 3.05) is 20.3 Å². The Balaban J connectivity index is 2.17. The molecule has 0 unspecified atom stereocenters. The van der Waals surface area contributed by atoms with E-state index in [1.54, 1.807) is 12.0 Å². The SMILES string of the molecule is CCCCOc1ccc(/C=C2\SC(=S)N(CC(C)C)C2=O)cc1OC. The molecule has 6 heteroatoms. The summed E-state index contributed by atoms with van der Waals surface area (Å²) < 4.78 is 11.8. The molecular weight excluding hydrogens is 354 g/mol. The number of nitrogens with zero attached hydrogens (tertiary/aromatic N) is 1. The van der Waals surface area contributed by atoms with E-state index in [0.717, 1.165) is 24.2 Å². The number of hydrogen-bond donors (Lipinski definition) is 0. The van der Waals surface area contributed by atoms with Gasteiger partial charge in [-0.2, -0.15) is 0 Å². The molecule has 1 saturated heterocycles. The highest BCUT2D eigenvalue weighted by atomic mass is 32.2. The second-order valence-corrected chi connectivity index (χ2v) is 7.97. The molecule has 2 rings (SSSR count). The van der Waals surface area contributed by atoms with Crippen LogP contribution in [-0.2, 0) is 4.79 Å². The number of benzene rings is 1. The second-order valence-electron chi connectivity index (χ2n) is 6.30. The van der Waals surface area contributed by atoms with E-state index in [1.165, 1.54) is 11.8 Å². The van der Waals surface area contributed by atoms with Gasteiger partial charge in [0.25, 0.3) is 5.91 Å². The van der Waals surface area contributed by atoms with Crippen LogP contribution < -0.4 is 9.47 Å². The number of rotatable bonds is 8. The lowest BCUT2D eigenvalue weighted by Gasteiger charge is -2.16. The van der Waals surface area contributed by atoms with Crippen LogP contribution in [0.5, 0.6) is 11.5 Å². The van der Waals surface area contributed by atoms with Gasteiger partial charge >= 0.3 is 0 Å². The number of methoxy groups -OCH3 is 1. The van der Waals surface area contributed by atoms with Crippen molar-refractivity contribution in [2.24, 2.45) is 5.92 Å². The normalized spacial score (nSPS) is 16.2. The zero-order valence-electron chi connectivity index (χ0n) is 15.2. The maximum atomic E-state index is 12.5. The summed E-state index contributed by atoms with van der Waals surface area (Å²) in [5, 5.41) is 0. The standard InChI is InChI=1S/C19H25NO3S2/c1-5-6-9-23-15-8-7-14(10-16(15)22-4)11-17-18(21)20(12-13(2)3)19(24)25-17/h7-8,10-11,13H,5-6,9,12H2,1-4H3/b17-11-. The van der Waals surface area contributed by atoms with E-state index in [1.807, 2.05) is 24.3 Å². The fourth-order valence-electron chi connectivity index (χ4n) is 2.39. The van der Waals surface area contributed by atoms with Gasteiger partial charge in [0.1, 0.15) is 4.32 Å². The molecule has 136 valence electrons. The van der Waals surface area contributed by atoms with Crippen molar-refractivity contribution in [2.45, 2.75) is 33.6 Å². The summed E-state index contributed by atoms with van der Waals surface area (Å²) in [5.74, 6) is 1.75. The van der Waals surface area contributed by atoms with Gasteiger partial charge in [0.15, 0.2) is 11.5 Å². The molecule has 0 N–H and O–H groups in total. The van der Waals surface area contributed by atoms with E-state index in [2.05, 4.69) is 20.8 Å². The Morgan fingerprint density at radius 3 is 2.72 bits per heavy atom. The molecular formula is C19H25NO3S2. The average Bonchev–Trinajstić information content (AvgIpc) is 2.83. The van der Waals surface area contributed by atoms with Crippen molar-refractivity contribution in [3.05, 3.63) is 28.7 Å². The molecule has 1 heterocycles. The van der Waals surface area contributed by atoms with Crippen LogP contribution in [0.2, 0.25) is 0 Å². The van der Waals surface area contributed by atoms with Gasteiger partial charge in [-0.3, -0.25) is 9.69 Å². The van der Waals surface area contributed by atoms with Crippen molar-refractivity contribution < 1.29 is 14.3 Å². The summed E-state index contributed by atoms with van der Waals surface area (Å²) in [4.78, 5) is 14.9. The topological polar surface area (TPSA) is 38.8 Å². The van der Waals surface area contributed by atoms with Crippen LogP contribution in [-0.4, -0.2) is 35.4 Å². The molecule has 1 aliphatic heterocycles. The van der Waals surface area contributed by atoms with Crippen molar-refractivity contribution in [3.63, 3.8) is 0 Å². The third kappa shape index (κ3) is 5.22. The smallest absolute Gasteiger partial charge is 0.266 e. The summed E-state index contributed by atoms with van der Waals surface area (Å²) in [6, 6.07) is 5.70. The van der Waals surface area contributed by atoms with Crippen molar-refractivity contribution in [3.8, 4) is 11.5 Å². The number of thioether (sulfide) groups is 1. The third-order valence-corrected chi connectivity index (χ3v) is 5.04. The Labute approximate surface area is 159 Å². The van der Waals surface area contributed by atoms with Crippen LogP contribution in [0.15, 0.2) is 23.1 Å². The molecule has 0 atom stereocenters. The number of carbonyl (C=O) groups is 1. The Morgan fingerprint density at radius 1 is 1.32 bits per heavy atom. The number of ether oxygens (including phenoxy) is 2. The molecule has 0 bridgehead atoms. The molecule has 1 fully saturated rings. The number of unbranched alkanes of at least 4 members (excludes halogenated alkanes) is 1. The van der Waals surface area contributed by atoms with E-state index < -0.39 is 0 Å². The lowest BCUT2D eigenvalue weighted by molar-refractivity contribution is -0.122. The van der Waals surface area contributed by atoms with Gasteiger partial charge in [0.2, 0.25) is 0 Å². The molecule has 1 amide bonds. The average molecular weight is 380 g/mol. The minimum Gasteiger partial charge on any atom is -0.493 e. The van der Waals surface area contributed by atoms with Crippen LogP contribution >= 0.6 is 24.0 Å². The highest BCUT2D eigenvalue weighted by Gasteiger charge is 2.32. The van der Waals surface area contributed by atoms with Gasteiger partial charge in [0, 0.05) is 6.54 Å².